The molecule has 0 fully saturated rings. The smallest absolute Gasteiger partial charge is 0.187 e. The Morgan fingerprint density at radius 1 is 1.17 bits per heavy atom. The maximum absolute atomic E-state index is 10.5. The molecule has 0 amide bonds. The number of pyridine rings is 1. The second-order valence-electron chi connectivity index (χ2n) is 6.16. The van der Waals surface area contributed by atoms with Crippen molar-refractivity contribution in [3.05, 3.63) is 46.7 Å². The SMILES string of the molecule is CSc1ncc(Cl)c(-c2ccc3nc(C)cc(C(C)(C)O)c3c2)n1. The van der Waals surface area contributed by atoms with E-state index in [1.807, 2.05) is 37.4 Å². The molecule has 0 aliphatic heterocycles. The quantitative estimate of drug-likeness (QED) is 0.547. The number of fused-ring (bicyclic) bond motifs is 1. The number of halogens is 1. The molecule has 0 radical (unpaired) electrons. The van der Waals surface area contributed by atoms with Crippen molar-refractivity contribution in [3.8, 4) is 11.3 Å². The van der Waals surface area contributed by atoms with Crippen LogP contribution in [0.5, 0.6) is 0 Å². The maximum Gasteiger partial charge on any atom is 0.187 e. The van der Waals surface area contributed by atoms with Gasteiger partial charge in [0.2, 0.25) is 0 Å². The topological polar surface area (TPSA) is 58.9 Å². The molecule has 1 N–H and O–H groups in total. The van der Waals surface area contributed by atoms with E-state index in [1.54, 1.807) is 20.0 Å². The van der Waals surface area contributed by atoms with Crippen molar-refractivity contribution in [1.82, 2.24) is 15.0 Å². The molecule has 0 spiro atoms. The molecule has 0 saturated heterocycles. The molecule has 2 aromatic heterocycles. The first kappa shape index (κ1) is 17.1. The van der Waals surface area contributed by atoms with Crippen molar-refractivity contribution in [2.75, 3.05) is 6.26 Å². The highest BCUT2D eigenvalue weighted by Gasteiger charge is 2.21. The molecule has 0 unspecified atom stereocenters. The van der Waals surface area contributed by atoms with Crippen molar-refractivity contribution in [2.24, 2.45) is 0 Å². The summed E-state index contributed by atoms with van der Waals surface area (Å²) in [6.45, 7) is 5.48. The molecule has 4 nitrogen and oxygen atoms in total. The van der Waals surface area contributed by atoms with Gasteiger partial charge < -0.3 is 5.11 Å². The van der Waals surface area contributed by atoms with Crippen LogP contribution in [0.1, 0.15) is 25.1 Å². The number of aryl methyl sites for hydroxylation is 1. The molecule has 0 atom stereocenters. The van der Waals surface area contributed by atoms with Crippen molar-refractivity contribution in [3.63, 3.8) is 0 Å². The third kappa shape index (κ3) is 3.24. The second kappa shape index (κ2) is 6.31. The fourth-order valence-electron chi connectivity index (χ4n) is 2.66. The summed E-state index contributed by atoms with van der Waals surface area (Å²) < 4.78 is 0. The predicted molar refractivity (Wildman–Crippen MR) is 99.5 cm³/mol. The summed E-state index contributed by atoms with van der Waals surface area (Å²) in [5.74, 6) is 0. The molecule has 0 aliphatic rings. The first-order chi connectivity index (χ1) is 11.3. The number of rotatable bonds is 3. The lowest BCUT2D eigenvalue weighted by Crippen LogP contribution is -2.16. The summed E-state index contributed by atoms with van der Waals surface area (Å²) in [4.78, 5) is 13.3. The monoisotopic (exact) mass is 359 g/mol. The molecule has 6 heteroatoms. The standard InChI is InChI=1S/C18H18ClN3OS/c1-10-7-13(18(2,3)23)12-8-11(5-6-15(12)21-10)16-14(19)9-20-17(22-16)24-4/h5-9,23H,1-4H3. The number of hydrogen-bond acceptors (Lipinski definition) is 5. The van der Waals surface area contributed by atoms with Crippen LogP contribution in [0.3, 0.4) is 0 Å². The summed E-state index contributed by atoms with van der Waals surface area (Å²) in [5, 5.41) is 12.6. The fourth-order valence-corrected chi connectivity index (χ4v) is 3.20. The summed E-state index contributed by atoms with van der Waals surface area (Å²) in [7, 11) is 0. The molecular formula is C18H18ClN3OS. The van der Waals surface area contributed by atoms with Crippen LogP contribution >= 0.6 is 23.4 Å². The summed E-state index contributed by atoms with van der Waals surface area (Å²) >= 11 is 7.76. The minimum Gasteiger partial charge on any atom is -0.386 e. The number of nitrogens with zero attached hydrogens (tertiary/aromatic N) is 3. The van der Waals surface area contributed by atoms with Gasteiger partial charge in [-0.1, -0.05) is 29.4 Å². The third-order valence-electron chi connectivity index (χ3n) is 3.77. The predicted octanol–water partition coefficient (Wildman–Crippen LogP) is 4.60. The van der Waals surface area contributed by atoms with Gasteiger partial charge >= 0.3 is 0 Å². The Hall–Kier alpha value is -1.69. The molecule has 124 valence electrons. The Balaban J connectivity index is 2.27. The highest BCUT2D eigenvalue weighted by molar-refractivity contribution is 7.98. The number of aliphatic hydroxyl groups is 1. The molecule has 0 saturated carbocycles. The lowest BCUT2D eigenvalue weighted by Gasteiger charge is -2.21. The summed E-state index contributed by atoms with van der Waals surface area (Å²) in [6, 6.07) is 7.78. The number of thioether (sulfide) groups is 1. The Labute approximate surface area is 150 Å². The Morgan fingerprint density at radius 2 is 1.92 bits per heavy atom. The highest BCUT2D eigenvalue weighted by atomic mass is 35.5. The van der Waals surface area contributed by atoms with Gasteiger partial charge in [-0.25, -0.2) is 9.97 Å². The normalized spacial score (nSPS) is 11.9. The molecule has 0 aliphatic carbocycles. The van der Waals surface area contributed by atoms with E-state index in [-0.39, 0.29) is 0 Å². The minimum absolute atomic E-state index is 0.497. The first-order valence-electron chi connectivity index (χ1n) is 7.51. The Kier molecular flexibility index (Phi) is 4.51. The van der Waals surface area contributed by atoms with Gasteiger partial charge in [0.1, 0.15) is 0 Å². The lowest BCUT2D eigenvalue weighted by molar-refractivity contribution is 0.0801. The van der Waals surface area contributed by atoms with E-state index in [2.05, 4.69) is 15.0 Å². The Bertz CT molecular complexity index is 922. The number of benzene rings is 1. The first-order valence-corrected chi connectivity index (χ1v) is 9.11. The van der Waals surface area contributed by atoms with Crippen LogP contribution in [0.4, 0.5) is 0 Å². The van der Waals surface area contributed by atoms with Crippen LogP contribution < -0.4 is 0 Å². The average Bonchev–Trinajstić information content (AvgIpc) is 2.53. The zero-order chi connectivity index (χ0) is 17.5. The van der Waals surface area contributed by atoms with Crippen molar-refractivity contribution in [1.29, 1.82) is 0 Å². The van der Waals surface area contributed by atoms with Crippen LogP contribution in [0.2, 0.25) is 5.02 Å². The lowest BCUT2D eigenvalue weighted by atomic mass is 9.92. The van der Waals surface area contributed by atoms with Crippen LogP contribution in [-0.4, -0.2) is 26.3 Å². The Morgan fingerprint density at radius 3 is 2.58 bits per heavy atom. The van der Waals surface area contributed by atoms with Gasteiger partial charge in [-0.3, -0.25) is 4.98 Å². The van der Waals surface area contributed by atoms with Crippen molar-refractivity contribution < 1.29 is 5.11 Å². The van der Waals surface area contributed by atoms with E-state index in [4.69, 9.17) is 11.6 Å². The third-order valence-corrected chi connectivity index (χ3v) is 4.61. The van der Waals surface area contributed by atoms with Gasteiger partial charge in [-0.2, -0.15) is 0 Å². The van der Waals surface area contributed by atoms with Gasteiger partial charge in [0.15, 0.2) is 5.16 Å². The van der Waals surface area contributed by atoms with Crippen LogP contribution in [0, 0.1) is 6.92 Å². The van der Waals surface area contributed by atoms with E-state index in [0.717, 1.165) is 27.7 Å². The summed E-state index contributed by atoms with van der Waals surface area (Å²) in [5.41, 5.74) is 3.14. The molecule has 0 bridgehead atoms. The highest BCUT2D eigenvalue weighted by Crippen LogP contribution is 2.33. The van der Waals surface area contributed by atoms with Gasteiger partial charge in [-0.05, 0) is 50.8 Å². The molecule has 3 rings (SSSR count). The zero-order valence-electron chi connectivity index (χ0n) is 14.0. The zero-order valence-corrected chi connectivity index (χ0v) is 15.5. The molecule has 3 aromatic rings. The van der Waals surface area contributed by atoms with Gasteiger partial charge in [-0.15, -0.1) is 0 Å². The number of hydrogen-bond donors (Lipinski definition) is 1. The second-order valence-corrected chi connectivity index (χ2v) is 7.34. The van der Waals surface area contributed by atoms with E-state index in [1.165, 1.54) is 11.8 Å². The van der Waals surface area contributed by atoms with Gasteiger partial charge in [0, 0.05) is 16.6 Å². The van der Waals surface area contributed by atoms with Crippen LogP contribution in [0.15, 0.2) is 35.6 Å². The molecule has 1 aromatic carbocycles. The van der Waals surface area contributed by atoms with E-state index >= 15 is 0 Å². The van der Waals surface area contributed by atoms with Gasteiger partial charge in [0.05, 0.1) is 28.0 Å². The van der Waals surface area contributed by atoms with E-state index < -0.39 is 5.60 Å². The van der Waals surface area contributed by atoms with E-state index in [0.29, 0.717) is 15.9 Å². The largest absolute Gasteiger partial charge is 0.386 e. The maximum atomic E-state index is 10.5. The average molecular weight is 360 g/mol. The molecule has 2 heterocycles. The number of aromatic nitrogens is 3. The fraction of sp³-hybridized carbons (Fsp3) is 0.278. The minimum atomic E-state index is -0.968. The molecular weight excluding hydrogens is 342 g/mol. The van der Waals surface area contributed by atoms with E-state index in [9.17, 15) is 5.11 Å². The molecule has 24 heavy (non-hydrogen) atoms. The van der Waals surface area contributed by atoms with Crippen molar-refractivity contribution in [2.45, 2.75) is 31.5 Å². The van der Waals surface area contributed by atoms with Crippen LogP contribution in [-0.2, 0) is 5.60 Å². The van der Waals surface area contributed by atoms with Crippen molar-refractivity contribution >= 4 is 34.3 Å². The van der Waals surface area contributed by atoms with Gasteiger partial charge in [0.25, 0.3) is 0 Å². The summed E-state index contributed by atoms with van der Waals surface area (Å²) in [6.07, 6.45) is 3.54. The van der Waals surface area contributed by atoms with Crippen LogP contribution in [0.25, 0.3) is 22.2 Å².